The minimum absolute atomic E-state index is 0. The Balaban J connectivity index is 0.00000121. The summed E-state index contributed by atoms with van der Waals surface area (Å²) < 4.78 is 4.18. The van der Waals surface area contributed by atoms with Gasteiger partial charge in [-0.25, -0.2) is 0 Å². The maximum Gasteiger partial charge on any atom is 1.00 e. The molecule has 0 unspecified atom stereocenters. The van der Waals surface area contributed by atoms with Gasteiger partial charge in [-0.3, -0.25) is 11.9 Å². The Morgan fingerprint density at radius 2 is 1.92 bits per heavy atom. The normalized spacial score (nSPS) is 9.08. The van der Waals surface area contributed by atoms with Gasteiger partial charge in [0.15, 0.2) is 0 Å². The second-order valence-electron chi connectivity index (χ2n) is 2.27. The van der Waals surface area contributed by atoms with Crippen LogP contribution in [0.25, 0.3) is 4.72 Å². The molecule has 0 radical (unpaired) electrons. The van der Waals surface area contributed by atoms with Gasteiger partial charge >= 0.3 is 51.4 Å². The van der Waals surface area contributed by atoms with E-state index in [2.05, 4.69) is 29.0 Å². The van der Waals surface area contributed by atoms with E-state index in [-0.39, 0.29) is 51.4 Å². The summed E-state index contributed by atoms with van der Waals surface area (Å²) >= 11 is 1.55. The molecule has 1 aromatic rings. The van der Waals surface area contributed by atoms with Crippen molar-refractivity contribution in [2.24, 2.45) is 0 Å². The molecule has 0 N–H and O–H groups in total. The molecule has 0 amide bonds. The van der Waals surface area contributed by atoms with Gasteiger partial charge in [0.05, 0.1) is 0 Å². The van der Waals surface area contributed by atoms with Crippen molar-refractivity contribution < 1.29 is 51.4 Å². The summed E-state index contributed by atoms with van der Waals surface area (Å²) in [7, 11) is 0. The Labute approximate surface area is 121 Å². The van der Waals surface area contributed by atoms with Crippen LogP contribution >= 0.6 is 11.9 Å². The van der Waals surface area contributed by atoms with E-state index < -0.39 is 0 Å². The molecule has 1 aromatic carbocycles. The second kappa shape index (κ2) is 8.75. The number of rotatable bonds is 4. The summed E-state index contributed by atoms with van der Waals surface area (Å²) in [5.74, 6) is 0. The van der Waals surface area contributed by atoms with Gasteiger partial charge in [0, 0.05) is 0 Å². The van der Waals surface area contributed by atoms with E-state index in [1.807, 2.05) is 12.3 Å². The molecule has 12 heavy (non-hydrogen) atoms. The molecule has 1 nitrogen and oxygen atoms in total. The SMILES string of the molecule is CS[N-]CCc1ccccc1.[K+]. The third-order valence-electron chi connectivity index (χ3n) is 1.46. The molecule has 0 heterocycles. The van der Waals surface area contributed by atoms with Crippen LogP contribution in [0.2, 0.25) is 0 Å². The van der Waals surface area contributed by atoms with Crippen molar-refractivity contribution in [3.63, 3.8) is 0 Å². The van der Waals surface area contributed by atoms with E-state index in [0.717, 1.165) is 13.0 Å². The fourth-order valence-corrected chi connectivity index (χ4v) is 1.18. The smallest absolute Gasteiger partial charge is 0.606 e. The van der Waals surface area contributed by atoms with E-state index in [9.17, 15) is 0 Å². The van der Waals surface area contributed by atoms with Crippen LogP contribution in [0.5, 0.6) is 0 Å². The van der Waals surface area contributed by atoms with Crippen molar-refractivity contribution in [2.45, 2.75) is 6.42 Å². The average Bonchev–Trinajstić information content (AvgIpc) is 2.07. The van der Waals surface area contributed by atoms with E-state index in [1.165, 1.54) is 5.56 Å². The Morgan fingerprint density at radius 3 is 2.50 bits per heavy atom. The quantitative estimate of drug-likeness (QED) is 0.380. The van der Waals surface area contributed by atoms with Crippen molar-refractivity contribution >= 4 is 11.9 Å². The van der Waals surface area contributed by atoms with Crippen molar-refractivity contribution in [1.82, 2.24) is 0 Å². The van der Waals surface area contributed by atoms with Crippen LogP contribution in [0.4, 0.5) is 0 Å². The Morgan fingerprint density at radius 1 is 1.25 bits per heavy atom. The van der Waals surface area contributed by atoms with E-state index in [1.54, 1.807) is 11.9 Å². The van der Waals surface area contributed by atoms with Gasteiger partial charge in [-0.15, -0.1) is 6.54 Å². The predicted molar refractivity (Wildman–Crippen MR) is 51.9 cm³/mol. The van der Waals surface area contributed by atoms with Crippen molar-refractivity contribution in [1.29, 1.82) is 0 Å². The average molecular weight is 205 g/mol. The first kappa shape index (κ1) is 13.2. The summed E-state index contributed by atoms with van der Waals surface area (Å²) in [6, 6.07) is 10.4. The van der Waals surface area contributed by atoms with Crippen LogP contribution in [-0.2, 0) is 6.42 Å². The predicted octanol–water partition coefficient (Wildman–Crippen LogP) is -0.115. The molecule has 0 aliphatic rings. The maximum absolute atomic E-state index is 4.18. The second-order valence-corrected chi connectivity index (χ2v) is 2.89. The van der Waals surface area contributed by atoms with Crippen LogP contribution < -0.4 is 51.4 Å². The van der Waals surface area contributed by atoms with E-state index in [0.29, 0.717) is 0 Å². The monoisotopic (exact) mass is 205 g/mol. The molecule has 3 heteroatoms. The molecule has 0 aromatic heterocycles. The molecular formula is C9H12KNS. The standard InChI is InChI=1S/C9H12NS.K/c1-11-10-8-7-9-5-3-2-4-6-9;/h2-6H,7-8H2,1H3;/q-1;+1. The Bertz CT molecular complexity index is 191. The van der Waals surface area contributed by atoms with Gasteiger partial charge in [-0.2, -0.15) is 0 Å². The number of hydrogen-bond donors (Lipinski definition) is 0. The Kier molecular flexibility index (Phi) is 9.60. The molecule has 0 aliphatic heterocycles. The minimum atomic E-state index is 0. The van der Waals surface area contributed by atoms with Crippen LogP contribution in [0.15, 0.2) is 30.3 Å². The minimum Gasteiger partial charge on any atom is -0.606 e. The molecule has 60 valence electrons. The summed E-state index contributed by atoms with van der Waals surface area (Å²) in [6.07, 6.45) is 3.05. The fraction of sp³-hybridized carbons (Fsp3) is 0.333. The molecule has 0 atom stereocenters. The molecule has 0 aliphatic carbocycles. The summed E-state index contributed by atoms with van der Waals surface area (Å²) in [6.45, 7) is 0.922. The third kappa shape index (κ3) is 5.75. The first-order valence-corrected chi connectivity index (χ1v) is 4.85. The maximum atomic E-state index is 4.18. The fourth-order valence-electron chi connectivity index (χ4n) is 0.911. The van der Waals surface area contributed by atoms with Gasteiger partial charge in [-0.1, -0.05) is 30.3 Å². The van der Waals surface area contributed by atoms with Crippen molar-refractivity contribution in [3.05, 3.63) is 40.6 Å². The van der Waals surface area contributed by atoms with Gasteiger partial charge in [-0.05, 0) is 18.2 Å². The molecule has 0 saturated carbocycles. The van der Waals surface area contributed by atoms with Crippen molar-refractivity contribution in [3.8, 4) is 0 Å². The zero-order valence-corrected chi connectivity index (χ0v) is 11.6. The molecule has 0 saturated heterocycles. The molecule has 0 bridgehead atoms. The number of benzene rings is 1. The van der Waals surface area contributed by atoms with E-state index >= 15 is 0 Å². The van der Waals surface area contributed by atoms with Crippen LogP contribution in [-0.4, -0.2) is 12.8 Å². The number of hydrogen-bond acceptors (Lipinski definition) is 1. The molecular weight excluding hydrogens is 193 g/mol. The van der Waals surface area contributed by atoms with Gasteiger partial charge in [0.2, 0.25) is 0 Å². The van der Waals surface area contributed by atoms with Crippen LogP contribution in [0, 0.1) is 0 Å². The van der Waals surface area contributed by atoms with Gasteiger partial charge in [0.25, 0.3) is 0 Å². The summed E-state index contributed by atoms with van der Waals surface area (Å²) in [4.78, 5) is 0. The molecule has 0 spiro atoms. The zero-order valence-electron chi connectivity index (χ0n) is 7.66. The zero-order chi connectivity index (χ0) is 7.94. The third-order valence-corrected chi connectivity index (χ3v) is 1.90. The molecule has 1 rings (SSSR count). The van der Waals surface area contributed by atoms with Crippen LogP contribution in [0.3, 0.4) is 0 Å². The largest absolute Gasteiger partial charge is 1.00 e. The van der Waals surface area contributed by atoms with Crippen molar-refractivity contribution in [2.75, 3.05) is 12.8 Å². The topological polar surface area (TPSA) is 14.1 Å². The first-order chi connectivity index (χ1) is 5.43. The van der Waals surface area contributed by atoms with E-state index in [4.69, 9.17) is 0 Å². The molecule has 0 fully saturated rings. The summed E-state index contributed by atoms with van der Waals surface area (Å²) in [5.41, 5.74) is 1.37. The van der Waals surface area contributed by atoms with Gasteiger partial charge in [0.1, 0.15) is 0 Å². The van der Waals surface area contributed by atoms with Gasteiger partial charge < -0.3 is 4.72 Å². The first-order valence-electron chi connectivity index (χ1n) is 3.67. The van der Waals surface area contributed by atoms with Crippen LogP contribution in [0.1, 0.15) is 5.56 Å². The summed E-state index contributed by atoms with van der Waals surface area (Å²) in [5, 5.41) is 0. The Hall–Kier alpha value is 1.17. The number of nitrogens with zero attached hydrogens (tertiary/aromatic N) is 1.